The van der Waals surface area contributed by atoms with Crippen molar-refractivity contribution in [3.8, 4) is 0 Å². The molecule has 1 heterocycles. The number of aromatic nitrogens is 2. The highest BCUT2D eigenvalue weighted by molar-refractivity contribution is 5.76. The maximum absolute atomic E-state index is 12.9. The van der Waals surface area contributed by atoms with E-state index >= 15 is 0 Å². The zero-order chi connectivity index (χ0) is 21.5. The highest BCUT2D eigenvalue weighted by Crippen LogP contribution is 2.20. The Morgan fingerprint density at radius 3 is 2.27 bits per heavy atom. The summed E-state index contributed by atoms with van der Waals surface area (Å²) in [4.78, 5) is 12.9. The smallest absolute Gasteiger partial charge is 0.220 e. The van der Waals surface area contributed by atoms with E-state index in [2.05, 4.69) is 60.1 Å². The van der Waals surface area contributed by atoms with Crippen LogP contribution in [0.2, 0.25) is 0 Å². The lowest BCUT2D eigenvalue weighted by Crippen LogP contribution is -2.30. The van der Waals surface area contributed by atoms with E-state index in [1.165, 1.54) is 16.8 Å². The van der Waals surface area contributed by atoms with E-state index in [-0.39, 0.29) is 11.9 Å². The summed E-state index contributed by atoms with van der Waals surface area (Å²) in [6.45, 7) is 9.45. The van der Waals surface area contributed by atoms with Gasteiger partial charge in [0.1, 0.15) is 0 Å². The van der Waals surface area contributed by atoms with Crippen LogP contribution in [0.5, 0.6) is 0 Å². The van der Waals surface area contributed by atoms with Crippen LogP contribution in [-0.2, 0) is 24.2 Å². The van der Waals surface area contributed by atoms with E-state index < -0.39 is 0 Å². The van der Waals surface area contributed by atoms with Gasteiger partial charge in [-0.3, -0.25) is 9.48 Å². The fraction of sp³-hybridized carbons (Fsp3) is 0.385. The minimum atomic E-state index is -0.0352. The minimum Gasteiger partial charge on any atom is -0.349 e. The third-order valence-electron chi connectivity index (χ3n) is 5.49. The number of aryl methyl sites for hydroxylation is 1. The van der Waals surface area contributed by atoms with Gasteiger partial charge in [-0.1, -0.05) is 74.5 Å². The van der Waals surface area contributed by atoms with E-state index in [1.807, 2.05) is 43.3 Å². The molecule has 3 aromatic rings. The normalized spacial score (nSPS) is 12.2. The zero-order valence-electron chi connectivity index (χ0n) is 18.6. The van der Waals surface area contributed by atoms with Gasteiger partial charge in [0.05, 0.1) is 11.7 Å². The predicted octanol–water partition coefficient (Wildman–Crippen LogP) is 5.19. The van der Waals surface area contributed by atoms with Crippen molar-refractivity contribution in [2.45, 2.75) is 59.5 Å². The number of benzene rings is 2. The second-order valence-corrected chi connectivity index (χ2v) is 8.45. The van der Waals surface area contributed by atoms with E-state index in [1.54, 1.807) is 0 Å². The summed E-state index contributed by atoms with van der Waals surface area (Å²) in [5.41, 5.74) is 5.76. The van der Waals surface area contributed by atoms with Gasteiger partial charge in [0, 0.05) is 18.7 Å². The molecule has 2 aromatic carbocycles. The molecule has 0 aliphatic carbocycles. The molecule has 0 radical (unpaired) electrons. The summed E-state index contributed by atoms with van der Waals surface area (Å²) in [5, 5.41) is 7.94. The molecular formula is C26H33N3O. The molecule has 4 heteroatoms. The number of nitrogens with zero attached hydrogens (tertiary/aromatic N) is 2. The van der Waals surface area contributed by atoms with Crippen LogP contribution in [0.1, 0.15) is 54.4 Å². The SMILES string of the molecule is Cc1nn(CC(C)C)c(C)c1CCC(=O)NC(Cc1ccccc1)c1ccccc1. The molecule has 158 valence electrons. The van der Waals surface area contributed by atoms with E-state index in [9.17, 15) is 4.79 Å². The van der Waals surface area contributed by atoms with Gasteiger partial charge in [0.15, 0.2) is 0 Å². The summed E-state index contributed by atoms with van der Waals surface area (Å²) in [6, 6.07) is 20.5. The van der Waals surface area contributed by atoms with Crippen molar-refractivity contribution in [1.82, 2.24) is 15.1 Å². The third-order valence-corrected chi connectivity index (χ3v) is 5.49. The van der Waals surface area contributed by atoms with Gasteiger partial charge < -0.3 is 5.32 Å². The topological polar surface area (TPSA) is 46.9 Å². The van der Waals surface area contributed by atoms with Crippen molar-refractivity contribution in [3.63, 3.8) is 0 Å². The molecule has 0 fully saturated rings. The number of carbonyl (C=O) groups is 1. The lowest BCUT2D eigenvalue weighted by Gasteiger charge is -2.20. The van der Waals surface area contributed by atoms with Gasteiger partial charge in [-0.05, 0) is 49.3 Å². The van der Waals surface area contributed by atoms with Crippen molar-refractivity contribution in [1.29, 1.82) is 0 Å². The number of amides is 1. The Bertz CT molecular complexity index is 945. The molecule has 0 spiro atoms. The van der Waals surface area contributed by atoms with Crippen molar-refractivity contribution in [2.75, 3.05) is 0 Å². The molecule has 0 saturated carbocycles. The Morgan fingerprint density at radius 1 is 1.00 bits per heavy atom. The van der Waals surface area contributed by atoms with Gasteiger partial charge in [0.25, 0.3) is 0 Å². The average Bonchev–Trinajstić information content (AvgIpc) is 2.99. The lowest BCUT2D eigenvalue weighted by molar-refractivity contribution is -0.121. The second kappa shape index (κ2) is 10.2. The van der Waals surface area contributed by atoms with Crippen molar-refractivity contribution >= 4 is 5.91 Å². The summed E-state index contributed by atoms with van der Waals surface area (Å²) in [5.74, 6) is 0.624. The molecule has 0 bridgehead atoms. The summed E-state index contributed by atoms with van der Waals surface area (Å²) in [6.07, 6.45) is 1.96. The zero-order valence-corrected chi connectivity index (χ0v) is 18.6. The number of rotatable bonds is 9. The minimum absolute atomic E-state index is 0.0352. The first-order chi connectivity index (χ1) is 14.4. The monoisotopic (exact) mass is 403 g/mol. The molecule has 4 nitrogen and oxygen atoms in total. The van der Waals surface area contributed by atoms with Gasteiger partial charge in [0.2, 0.25) is 5.91 Å². The van der Waals surface area contributed by atoms with Crippen LogP contribution >= 0.6 is 0 Å². The Morgan fingerprint density at radius 2 is 1.63 bits per heavy atom. The van der Waals surface area contributed by atoms with Crippen LogP contribution in [0, 0.1) is 19.8 Å². The number of carbonyl (C=O) groups excluding carboxylic acids is 1. The molecule has 1 amide bonds. The molecule has 1 aromatic heterocycles. The lowest BCUT2D eigenvalue weighted by atomic mass is 9.98. The average molecular weight is 404 g/mol. The van der Waals surface area contributed by atoms with E-state index in [0.29, 0.717) is 18.8 Å². The summed E-state index contributed by atoms with van der Waals surface area (Å²) >= 11 is 0. The summed E-state index contributed by atoms with van der Waals surface area (Å²) in [7, 11) is 0. The fourth-order valence-corrected chi connectivity index (χ4v) is 3.91. The van der Waals surface area contributed by atoms with Crippen LogP contribution in [0.15, 0.2) is 60.7 Å². The highest BCUT2D eigenvalue weighted by Gasteiger charge is 2.17. The first-order valence-corrected chi connectivity index (χ1v) is 10.8. The third kappa shape index (κ3) is 5.82. The molecule has 0 saturated heterocycles. The van der Waals surface area contributed by atoms with Crippen LogP contribution in [0.3, 0.4) is 0 Å². The van der Waals surface area contributed by atoms with E-state index in [0.717, 1.165) is 24.2 Å². The quantitative estimate of drug-likeness (QED) is 0.534. The Balaban J connectivity index is 1.67. The van der Waals surface area contributed by atoms with Crippen molar-refractivity contribution in [3.05, 3.63) is 88.7 Å². The Hall–Kier alpha value is -2.88. The summed E-state index contributed by atoms with van der Waals surface area (Å²) < 4.78 is 2.08. The maximum Gasteiger partial charge on any atom is 0.220 e. The Labute approximate surface area is 180 Å². The van der Waals surface area contributed by atoms with Gasteiger partial charge in [-0.15, -0.1) is 0 Å². The van der Waals surface area contributed by atoms with Crippen molar-refractivity contribution in [2.24, 2.45) is 5.92 Å². The van der Waals surface area contributed by atoms with E-state index in [4.69, 9.17) is 0 Å². The molecule has 0 aliphatic heterocycles. The van der Waals surface area contributed by atoms with Crippen LogP contribution < -0.4 is 5.32 Å². The first-order valence-electron chi connectivity index (χ1n) is 10.8. The van der Waals surface area contributed by atoms with Crippen LogP contribution in [-0.4, -0.2) is 15.7 Å². The largest absolute Gasteiger partial charge is 0.349 e. The van der Waals surface area contributed by atoms with Crippen LogP contribution in [0.4, 0.5) is 0 Å². The fourth-order valence-electron chi connectivity index (χ4n) is 3.91. The first kappa shape index (κ1) is 21.8. The second-order valence-electron chi connectivity index (χ2n) is 8.45. The number of hydrogen-bond acceptors (Lipinski definition) is 2. The molecular weight excluding hydrogens is 370 g/mol. The molecule has 30 heavy (non-hydrogen) atoms. The molecule has 1 atom stereocenters. The van der Waals surface area contributed by atoms with Gasteiger partial charge >= 0.3 is 0 Å². The number of hydrogen-bond donors (Lipinski definition) is 1. The molecule has 1 N–H and O–H groups in total. The van der Waals surface area contributed by atoms with Crippen molar-refractivity contribution < 1.29 is 4.79 Å². The molecule has 0 aliphatic rings. The molecule has 1 unspecified atom stereocenters. The number of nitrogens with one attached hydrogen (secondary N) is 1. The molecule has 3 rings (SSSR count). The van der Waals surface area contributed by atoms with Gasteiger partial charge in [-0.2, -0.15) is 5.10 Å². The predicted molar refractivity (Wildman–Crippen MR) is 122 cm³/mol. The highest BCUT2D eigenvalue weighted by atomic mass is 16.1. The van der Waals surface area contributed by atoms with Crippen LogP contribution in [0.25, 0.3) is 0 Å². The maximum atomic E-state index is 12.9. The standard InChI is InChI=1S/C26H33N3O/c1-19(2)18-29-21(4)24(20(3)28-29)15-16-26(30)27-25(23-13-9-6-10-14-23)17-22-11-7-5-8-12-22/h5-14,19,25H,15-18H2,1-4H3,(H,27,30). The van der Waals surface area contributed by atoms with Gasteiger partial charge in [-0.25, -0.2) is 0 Å². The Kier molecular flexibility index (Phi) is 7.45.